The van der Waals surface area contributed by atoms with Crippen LogP contribution in [0.1, 0.15) is 21.8 Å². The van der Waals surface area contributed by atoms with Crippen LogP contribution in [0.25, 0.3) is 0 Å². The molecule has 8 nitrogen and oxygen atoms in total. The zero-order valence-electron chi connectivity index (χ0n) is 16.1. The van der Waals surface area contributed by atoms with E-state index < -0.39 is 28.7 Å². The molecule has 0 bridgehead atoms. The Balaban J connectivity index is 1.58. The Hall–Kier alpha value is -2.44. The molecule has 0 radical (unpaired) electrons. The van der Waals surface area contributed by atoms with Crippen LogP contribution in [-0.2, 0) is 16.6 Å². The summed E-state index contributed by atoms with van der Waals surface area (Å²) < 4.78 is 68.8. The van der Waals surface area contributed by atoms with E-state index in [-0.39, 0.29) is 23.5 Å². The first-order valence-corrected chi connectivity index (χ1v) is 10.6. The first-order valence-electron chi connectivity index (χ1n) is 9.14. The van der Waals surface area contributed by atoms with Crippen molar-refractivity contribution in [3.8, 4) is 0 Å². The van der Waals surface area contributed by atoms with Gasteiger partial charge in [-0.15, -0.1) is 0 Å². The number of benzene rings is 1. The Morgan fingerprint density at radius 3 is 2.33 bits per heavy atom. The predicted molar refractivity (Wildman–Crippen MR) is 100 cm³/mol. The summed E-state index contributed by atoms with van der Waals surface area (Å²) in [5.74, 6) is -0.212. The van der Waals surface area contributed by atoms with Gasteiger partial charge in [-0.1, -0.05) is 5.16 Å². The summed E-state index contributed by atoms with van der Waals surface area (Å²) in [7, 11) is -3.77. The number of nitrogens with zero attached hydrogens (tertiary/aromatic N) is 3. The highest BCUT2D eigenvalue weighted by Gasteiger charge is 2.30. The highest BCUT2D eigenvalue weighted by atomic mass is 32.2. The number of halogens is 3. The molecule has 30 heavy (non-hydrogen) atoms. The second-order valence-electron chi connectivity index (χ2n) is 6.94. The molecule has 1 aromatic heterocycles. The molecule has 12 heteroatoms. The fourth-order valence-corrected chi connectivity index (χ4v) is 4.47. The van der Waals surface area contributed by atoms with E-state index in [1.807, 2.05) is 13.0 Å². The highest BCUT2D eigenvalue weighted by molar-refractivity contribution is 7.89. The maximum atomic E-state index is 12.8. The van der Waals surface area contributed by atoms with Gasteiger partial charge >= 0.3 is 6.18 Å². The molecular weight excluding hydrogens is 425 g/mol. The van der Waals surface area contributed by atoms with Crippen molar-refractivity contribution in [1.29, 1.82) is 0 Å². The van der Waals surface area contributed by atoms with Crippen molar-refractivity contribution in [2.24, 2.45) is 0 Å². The predicted octanol–water partition coefficient (Wildman–Crippen LogP) is 1.78. The second-order valence-corrected chi connectivity index (χ2v) is 8.88. The van der Waals surface area contributed by atoms with Crippen LogP contribution in [0, 0.1) is 6.92 Å². The van der Waals surface area contributed by atoms with Gasteiger partial charge in [-0.3, -0.25) is 9.69 Å². The van der Waals surface area contributed by atoms with E-state index in [1.165, 1.54) is 28.6 Å². The van der Waals surface area contributed by atoms with Crippen LogP contribution in [0.3, 0.4) is 0 Å². The van der Waals surface area contributed by atoms with Gasteiger partial charge in [0.15, 0.2) is 5.76 Å². The molecule has 1 fully saturated rings. The van der Waals surface area contributed by atoms with E-state index in [4.69, 9.17) is 4.52 Å². The van der Waals surface area contributed by atoms with E-state index >= 15 is 0 Å². The Bertz CT molecular complexity index is 982. The Kier molecular flexibility index (Phi) is 6.48. The molecule has 0 unspecified atom stereocenters. The maximum absolute atomic E-state index is 12.8. The van der Waals surface area contributed by atoms with Crippen LogP contribution in [0.2, 0.25) is 0 Å². The van der Waals surface area contributed by atoms with Gasteiger partial charge in [-0.05, 0) is 31.2 Å². The monoisotopic (exact) mass is 446 g/mol. The van der Waals surface area contributed by atoms with Gasteiger partial charge in [0.25, 0.3) is 5.91 Å². The highest BCUT2D eigenvalue weighted by Crippen LogP contribution is 2.20. The van der Waals surface area contributed by atoms with Crippen LogP contribution >= 0.6 is 0 Å². The molecule has 1 saturated heterocycles. The molecule has 0 spiro atoms. The Morgan fingerprint density at radius 1 is 1.17 bits per heavy atom. The molecule has 3 rings (SSSR count). The summed E-state index contributed by atoms with van der Waals surface area (Å²) in [6, 6.07) is 6.67. The topological polar surface area (TPSA) is 95.8 Å². The molecule has 164 valence electrons. The van der Waals surface area contributed by atoms with Crippen LogP contribution < -0.4 is 5.32 Å². The van der Waals surface area contributed by atoms with Crippen LogP contribution in [0.15, 0.2) is 39.8 Å². The molecule has 1 amide bonds. The van der Waals surface area contributed by atoms with Crippen molar-refractivity contribution in [1.82, 2.24) is 19.7 Å². The maximum Gasteiger partial charge on any atom is 0.405 e. The number of aryl methyl sites for hydroxylation is 1. The lowest BCUT2D eigenvalue weighted by Crippen LogP contribution is -2.48. The third kappa shape index (κ3) is 5.58. The third-order valence-electron chi connectivity index (χ3n) is 4.59. The molecule has 2 aromatic rings. The van der Waals surface area contributed by atoms with E-state index in [9.17, 15) is 26.4 Å². The quantitative estimate of drug-likeness (QED) is 0.727. The Morgan fingerprint density at radius 2 is 1.80 bits per heavy atom. The van der Waals surface area contributed by atoms with Crippen molar-refractivity contribution in [2.45, 2.75) is 24.5 Å². The number of carbonyl (C=O) groups excluding carboxylic acids is 1. The van der Waals surface area contributed by atoms with Gasteiger partial charge in [0.1, 0.15) is 6.54 Å². The van der Waals surface area contributed by atoms with Gasteiger partial charge in [-0.25, -0.2) is 8.42 Å². The molecule has 0 saturated carbocycles. The molecule has 1 aliphatic rings. The number of carbonyl (C=O) groups is 1. The van der Waals surface area contributed by atoms with Crippen molar-refractivity contribution >= 4 is 15.9 Å². The fraction of sp³-hybridized carbons (Fsp3) is 0.444. The molecular formula is C18H21F3N4O4S. The number of amides is 1. The number of piperazine rings is 1. The average Bonchev–Trinajstić information content (AvgIpc) is 3.10. The Labute approximate surface area is 171 Å². The molecule has 2 heterocycles. The zero-order valence-corrected chi connectivity index (χ0v) is 17.0. The summed E-state index contributed by atoms with van der Waals surface area (Å²) >= 11 is 0. The average molecular weight is 446 g/mol. The van der Waals surface area contributed by atoms with Gasteiger partial charge in [0, 0.05) is 37.8 Å². The lowest BCUT2D eigenvalue weighted by Gasteiger charge is -2.33. The number of sulfonamides is 1. The SMILES string of the molecule is Cc1cc(CN2CCN(S(=O)(=O)c3ccc(C(=O)NCC(F)(F)F)cc3)CC2)on1. The van der Waals surface area contributed by atoms with E-state index in [0.29, 0.717) is 25.4 Å². The normalized spacial score (nSPS) is 16.5. The molecule has 0 atom stereocenters. The van der Waals surface area contributed by atoms with E-state index in [2.05, 4.69) is 10.1 Å². The first-order chi connectivity index (χ1) is 14.0. The van der Waals surface area contributed by atoms with Gasteiger partial charge in [0.2, 0.25) is 10.0 Å². The molecule has 1 N–H and O–H groups in total. The minimum atomic E-state index is -4.52. The molecule has 0 aliphatic carbocycles. The molecule has 1 aliphatic heterocycles. The van der Waals surface area contributed by atoms with E-state index in [1.54, 1.807) is 5.32 Å². The smallest absolute Gasteiger partial charge is 0.360 e. The van der Waals surface area contributed by atoms with Crippen LogP contribution in [0.5, 0.6) is 0 Å². The standard InChI is InChI=1S/C18H21F3N4O4S/c1-13-10-15(29-23-13)11-24-6-8-25(9-7-24)30(27,28)16-4-2-14(3-5-16)17(26)22-12-18(19,20)21/h2-5,10H,6-9,11-12H2,1H3,(H,22,26). The fourth-order valence-electron chi connectivity index (χ4n) is 3.05. The van der Waals surface area contributed by atoms with Gasteiger partial charge in [0.05, 0.1) is 17.1 Å². The second kappa shape index (κ2) is 8.74. The number of aromatic nitrogens is 1. The van der Waals surface area contributed by atoms with E-state index in [0.717, 1.165) is 5.69 Å². The lowest BCUT2D eigenvalue weighted by molar-refractivity contribution is -0.123. The minimum Gasteiger partial charge on any atom is -0.360 e. The first kappa shape index (κ1) is 22.2. The van der Waals surface area contributed by atoms with Crippen LogP contribution in [-0.4, -0.2) is 67.6 Å². The van der Waals surface area contributed by atoms with Crippen molar-refractivity contribution in [3.63, 3.8) is 0 Å². The number of hydrogen-bond donors (Lipinski definition) is 1. The van der Waals surface area contributed by atoms with Gasteiger partial charge in [-0.2, -0.15) is 17.5 Å². The number of hydrogen-bond acceptors (Lipinski definition) is 6. The summed E-state index contributed by atoms with van der Waals surface area (Å²) in [5.41, 5.74) is 0.729. The third-order valence-corrected chi connectivity index (χ3v) is 6.50. The summed E-state index contributed by atoms with van der Waals surface area (Å²) in [6.07, 6.45) is -4.52. The van der Waals surface area contributed by atoms with Crippen molar-refractivity contribution in [2.75, 3.05) is 32.7 Å². The summed E-state index contributed by atoms with van der Waals surface area (Å²) in [6.45, 7) is 2.49. The summed E-state index contributed by atoms with van der Waals surface area (Å²) in [5, 5.41) is 5.57. The number of alkyl halides is 3. The largest absolute Gasteiger partial charge is 0.405 e. The zero-order chi connectivity index (χ0) is 21.9. The molecule has 1 aromatic carbocycles. The van der Waals surface area contributed by atoms with Gasteiger partial charge < -0.3 is 9.84 Å². The summed E-state index contributed by atoms with van der Waals surface area (Å²) in [4.78, 5) is 13.8. The lowest BCUT2D eigenvalue weighted by atomic mass is 10.2. The van der Waals surface area contributed by atoms with Crippen molar-refractivity contribution < 1.29 is 30.9 Å². The number of rotatable bonds is 6. The van der Waals surface area contributed by atoms with Crippen molar-refractivity contribution in [3.05, 3.63) is 47.3 Å². The number of nitrogens with one attached hydrogen (secondary N) is 1. The minimum absolute atomic E-state index is 0.0193. The van der Waals surface area contributed by atoms with Crippen LogP contribution in [0.4, 0.5) is 13.2 Å².